The largest absolute Gasteiger partial charge is 0.496 e. The molecule has 0 radical (unpaired) electrons. The number of ether oxygens (including phenoxy) is 2. The molecule has 0 bridgehead atoms. The summed E-state index contributed by atoms with van der Waals surface area (Å²) in [6, 6.07) is 16.6. The van der Waals surface area contributed by atoms with E-state index in [1.165, 1.54) is 14.0 Å². The van der Waals surface area contributed by atoms with Crippen molar-refractivity contribution in [1.29, 1.82) is 0 Å². The number of nitrogens with one attached hydrogen (secondary N) is 2. The number of anilines is 1. The SMILES string of the molecule is COc1ccc2[nH]c(C)c(CC(=O)Oc3ccc(NC(C)=O)cc3)c2c1C(=O)c1ccc(Cl)cc1. The Morgan fingerprint density at radius 2 is 1.66 bits per heavy atom. The van der Waals surface area contributed by atoms with E-state index in [0.717, 1.165) is 5.69 Å². The Kier molecular flexibility index (Phi) is 6.89. The predicted octanol–water partition coefficient (Wildman–Crippen LogP) is 5.48. The highest BCUT2D eigenvalue weighted by Crippen LogP contribution is 2.34. The monoisotopic (exact) mass is 490 g/mol. The van der Waals surface area contributed by atoms with Gasteiger partial charge in [0.05, 0.1) is 19.1 Å². The molecule has 0 atom stereocenters. The van der Waals surface area contributed by atoms with Crippen LogP contribution in [0.1, 0.15) is 34.1 Å². The number of fused-ring (bicyclic) bond motifs is 1. The highest BCUT2D eigenvalue weighted by atomic mass is 35.5. The van der Waals surface area contributed by atoms with Crippen molar-refractivity contribution in [3.63, 3.8) is 0 Å². The Morgan fingerprint density at radius 1 is 0.971 bits per heavy atom. The molecule has 3 aromatic carbocycles. The van der Waals surface area contributed by atoms with E-state index in [9.17, 15) is 14.4 Å². The summed E-state index contributed by atoms with van der Waals surface area (Å²) in [5.74, 6) is -0.180. The number of esters is 1. The highest BCUT2D eigenvalue weighted by Gasteiger charge is 2.24. The molecule has 0 aliphatic carbocycles. The van der Waals surface area contributed by atoms with Gasteiger partial charge < -0.3 is 19.8 Å². The van der Waals surface area contributed by atoms with E-state index >= 15 is 0 Å². The minimum absolute atomic E-state index is 0.0622. The number of amides is 1. The number of carbonyl (C=O) groups excluding carboxylic acids is 3. The fraction of sp³-hybridized carbons (Fsp3) is 0.148. The van der Waals surface area contributed by atoms with E-state index in [1.54, 1.807) is 54.6 Å². The predicted molar refractivity (Wildman–Crippen MR) is 135 cm³/mol. The van der Waals surface area contributed by atoms with Gasteiger partial charge in [-0.05, 0) is 73.2 Å². The Balaban J connectivity index is 1.68. The molecule has 1 amide bonds. The van der Waals surface area contributed by atoms with Gasteiger partial charge in [-0.1, -0.05) is 11.6 Å². The lowest BCUT2D eigenvalue weighted by Gasteiger charge is -2.12. The van der Waals surface area contributed by atoms with E-state index in [2.05, 4.69) is 10.3 Å². The summed E-state index contributed by atoms with van der Waals surface area (Å²) in [6.45, 7) is 3.26. The first kappa shape index (κ1) is 24.0. The summed E-state index contributed by atoms with van der Waals surface area (Å²) < 4.78 is 11.0. The second-order valence-electron chi connectivity index (χ2n) is 7.99. The van der Waals surface area contributed by atoms with E-state index in [-0.39, 0.29) is 18.1 Å². The fourth-order valence-electron chi connectivity index (χ4n) is 3.95. The van der Waals surface area contributed by atoms with Crippen LogP contribution in [0.4, 0.5) is 5.69 Å². The van der Waals surface area contributed by atoms with Gasteiger partial charge in [-0.2, -0.15) is 0 Å². The number of aryl methyl sites for hydroxylation is 1. The van der Waals surface area contributed by atoms with Gasteiger partial charge in [0.2, 0.25) is 5.91 Å². The number of aromatic amines is 1. The first-order valence-electron chi connectivity index (χ1n) is 10.8. The third kappa shape index (κ3) is 5.20. The molecule has 0 aliphatic heterocycles. The van der Waals surface area contributed by atoms with Crippen molar-refractivity contribution >= 4 is 45.9 Å². The number of aromatic nitrogens is 1. The third-order valence-electron chi connectivity index (χ3n) is 5.52. The Morgan fingerprint density at radius 3 is 2.29 bits per heavy atom. The standard InChI is InChI=1S/C27H23ClN2O5/c1-15-21(14-24(32)35-20-10-8-19(9-11-20)30-16(2)31)25-22(29-15)12-13-23(34-3)26(25)27(33)17-4-6-18(28)7-5-17/h4-13,29H,14H2,1-3H3,(H,30,31). The van der Waals surface area contributed by atoms with Crippen LogP contribution in [-0.4, -0.2) is 29.8 Å². The Hall–Kier alpha value is -4.10. The molecule has 4 aromatic rings. The summed E-state index contributed by atoms with van der Waals surface area (Å²) in [6.07, 6.45) is -0.0622. The minimum atomic E-state index is -0.492. The molecule has 7 nitrogen and oxygen atoms in total. The van der Waals surface area contributed by atoms with Gasteiger partial charge in [-0.3, -0.25) is 14.4 Å². The molecular weight excluding hydrogens is 468 g/mol. The van der Waals surface area contributed by atoms with Gasteiger partial charge in [0, 0.05) is 39.8 Å². The zero-order valence-electron chi connectivity index (χ0n) is 19.4. The van der Waals surface area contributed by atoms with Crippen LogP contribution in [0.3, 0.4) is 0 Å². The van der Waals surface area contributed by atoms with Crippen molar-refractivity contribution < 1.29 is 23.9 Å². The van der Waals surface area contributed by atoms with Crippen LogP contribution in [0.15, 0.2) is 60.7 Å². The Bertz CT molecular complexity index is 1420. The van der Waals surface area contributed by atoms with Gasteiger partial charge in [0.25, 0.3) is 0 Å². The van der Waals surface area contributed by atoms with Crippen LogP contribution < -0.4 is 14.8 Å². The summed E-state index contributed by atoms with van der Waals surface area (Å²) in [5, 5.41) is 3.80. The number of ketones is 1. The van der Waals surface area contributed by atoms with E-state index in [1.807, 2.05) is 13.0 Å². The van der Waals surface area contributed by atoms with Crippen LogP contribution in [0, 0.1) is 6.92 Å². The van der Waals surface area contributed by atoms with Crippen LogP contribution in [0.2, 0.25) is 5.02 Å². The fourth-order valence-corrected chi connectivity index (χ4v) is 4.08. The zero-order chi connectivity index (χ0) is 25.1. The maximum Gasteiger partial charge on any atom is 0.315 e. The van der Waals surface area contributed by atoms with Crippen molar-refractivity contribution in [2.24, 2.45) is 0 Å². The highest BCUT2D eigenvalue weighted by molar-refractivity contribution is 6.30. The average Bonchev–Trinajstić information content (AvgIpc) is 3.14. The lowest BCUT2D eigenvalue weighted by atomic mass is 9.95. The summed E-state index contributed by atoms with van der Waals surface area (Å²) in [4.78, 5) is 40.8. The number of H-pyrrole nitrogens is 1. The molecule has 0 unspecified atom stereocenters. The molecule has 0 fully saturated rings. The van der Waals surface area contributed by atoms with E-state index in [0.29, 0.717) is 49.8 Å². The number of hydrogen-bond acceptors (Lipinski definition) is 5. The van der Waals surface area contributed by atoms with Crippen LogP contribution in [-0.2, 0) is 16.0 Å². The maximum absolute atomic E-state index is 13.5. The normalized spacial score (nSPS) is 10.7. The molecule has 0 aliphatic rings. The second kappa shape index (κ2) is 10.0. The molecule has 0 saturated carbocycles. The van der Waals surface area contributed by atoms with Crippen molar-refractivity contribution in [3.05, 3.63) is 88.1 Å². The molecular formula is C27H23ClN2O5. The van der Waals surface area contributed by atoms with Gasteiger partial charge in [-0.15, -0.1) is 0 Å². The number of methoxy groups -OCH3 is 1. The topological polar surface area (TPSA) is 97.5 Å². The first-order valence-corrected chi connectivity index (χ1v) is 11.2. The Labute approximate surface area is 207 Å². The number of benzene rings is 3. The maximum atomic E-state index is 13.5. The lowest BCUT2D eigenvalue weighted by molar-refractivity contribution is -0.133. The molecule has 35 heavy (non-hydrogen) atoms. The molecule has 0 saturated heterocycles. The number of rotatable bonds is 7. The second-order valence-corrected chi connectivity index (χ2v) is 8.42. The molecule has 8 heteroatoms. The smallest absolute Gasteiger partial charge is 0.315 e. The van der Waals surface area contributed by atoms with Crippen molar-refractivity contribution in [2.75, 3.05) is 12.4 Å². The van der Waals surface area contributed by atoms with E-state index in [4.69, 9.17) is 21.1 Å². The molecule has 1 aromatic heterocycles. The van der Waals surface area contributed by atoms with Gasteiger partial charge in [0.1, 0.15) is 11.5 Å². The first-order chi connectivity index (χ1) is 16.8. The summed E-state index contributed by atoms with van der Waals surface area (Å²) in [7, 11) is 1.50. The molecule has 1 heterocycles. The number of carbonyl (C=O) groups is 3. The molecule has 4 rings (SSSR count). The van der Waals surface area contributed by atoms with Crippen LogP contribution >= 0.6 is 11.6 Å². The van der Waals surface area contributed by atoms with Gasteiger partial charge >= 0.3 is 5.97 Å². The average molecular weight is 491 g/mol. The van der Waals surface area contributed by atoms with Crippen LogP contribution in [0.25, 0.3) is 10.9 Å². The zero-order valence-corrected chi connectivity index (χ0v) is 20.2. The number of hydrogen-bond donors (Lipinski definition) is 2. The lowest BCUT2D eigenvalue weighted by Crippen LogP contribution is -2.13. The van der Waals surface area contributed by atoms with E-state index < -0.39 is 5.97 Å². The molecule has 0 spiro atoms. The van der Waals surface area contributed by atoms with Gasteiger partial charge in [0.15, 0.2) is 5.78 Å². The third-order valence-corrected chi connectivity index (χ3v) is 5.78. The molecule has 2 N–H and O–H groups in total. The van der Waals surface area contributed by atoms with Crippen molar-refractivity contribution in [2.45, 2.75) is 20.3 Å². The quantitative estimate of drug-likeness (QED) is 0.203. The minimum Gasteiger partial charge on any atom is -0.496 e. The van der Waals surface area contributed by atoms with Crippen molar-refractivity contribution in [3.8, 4) is 11.5 Å². The van der Waals surface area contributed by atoms with Gasteiger partial charge in [-0.25, -0.2) is 0 Å². The summed E-state index contributed by atoms with van der Waals surface area (Å²) in [5.41, 5.74) is 3.52. The van der Waals surface area contributed by atoms with Crippen molar-refractivity contribution in [1.82, 2.24) is 4.98 Å². The molecule has 178 valence electrons. The summed E-state index contributed by atoms with van der Waals surface area (Å²) >= 11 is 5.99. The number of halogens is 1. The van der Waals surface area contributed by atoms with Crippen LogP contribution in [0.5, 0.6) is 11.5 Å².